The van der Waals surface area contributed by atoms with Gasteiger partial charge in [0.1, 0.15) is 0 Å². The number of benzene rings is 6. The van der Waals surface area contributed by atoms with Crippen LogP contribution < -0.4 is 5.32 Å². The van der Waals surface area contributed by atoms with Gasteiger partial charge in [-0.2, -0.15) is 0 Å². The normalized spacial score (nSPS) is 13.2. The Balaban J connectivity index is 1.35. The van der Waals surface area contributed by atoms with Crippen molar-refractivity contribution in [1.82, 2.24) is 0 Å². The van der Waals surface area contributed by atoms with E-state index in [4.69, 9.17) is 0 Å². The first-order chi connectivity index (χ1) is 18.6. The SMILES string of the molecule is CC1(C)c2cc(Nc3ccccc3-c3ccccc3)ccc2-c2c(-c3cccc4ccccc34)cccc21. The Bertz CT molecular complexity index is 1810. The number of fused-ring (bicyclic) bond motifs is 4. The lowest BCUT2D eigenvalue weighted by Crippen LogP contribution is -2.15. The van der Waals surface area contributed by atoms with Crippen molar-refractivity contribution in [3.63, 3.8) is 0 Å². The molecule has 6 aromatic carbocycles. The van der Waals surface area contributed by atoms with E-state index in [0.29, 0.717) is 0 Å². The molecule has 1 aliphatic carbocycles. The lowest BCUT2D eigenvalue weighted by atomic mass is 9.81. The predicted octanol–water partition coefficient (Wildman–Crippen LogP) is 10.2. The molecule has 1 heteroatoms. The average molecular weight is 488 g/mol. The Morgan fingerprint density at radius 3 is 2.08 bits per heavy atom. The van der Waals surface area contributed by atoms with E-state index in [1.54, 1.807) is 0 Å². The molecule has 1 aliphatic rings. The molecular weight excluding hydrogens is 458 g/mol. The van der Waals surface area contributed by atoms with Crippen LogP contribution >= 0.6 is 0 Å². The minimum absolute atomic E-state index is 0.0953. The van der Waals surface area contributed by atoms with Crippen LogP contribution in [0.4, 0.5) is 11.4 Å². The molecule has 0 spiro atoms. The highest BCUT2D eigenvalue weighted by Crippen LogP contribution is 2.53. The Hall–Kier alpha value is -4.62. The number of rotatable bonds is 4. The summed E-state index contributed by atoms with van der Waals surface area (Å²) >= 11 is 0. The average Bonchev–Trinajstić information content (AvgIpc) is 3.20. The smallest absolute Gasteiger partial charge is 0.0463 e. The molecule has 1 N–H and O–H groups in total. The zero-order chi connectivity index (χ0) is 25.7. The molecule has 0 aromatic heterocycles. The van der Waals surface area contributed by atoms with Gasteiger partial charge >= 0.3 is 0 Å². The van der Waals surface area contributed by atoms with Crippen LogP contribution in [0, 0.1) is 0 Å². The van der Waals surface area contributed by atoms with E-state index in [1.165, 1.54) is 55.3 Å². The molecule has 0 saturated heterocycles. The summed E-state index contributed by atoms with van der Waals surface area (Å²) < 4.78 is 0. The van der Waals surface area contributed by atoms with Gasteiger partial charge < -0.3 is 5.32 Å². The van der Waals surface area contributed by atoms with Crippen LogP contribution in [0.25, 0.3) is 44.2 Å². The molecule has 0 unspecified atom stereocenters. The Morgan fingerprint density at radius 1 is 0.500 bits per heavy atom. The Labute approximate surface area is 224 Å². The molecule has 0 amide bonds. The molecule has 0 radical (unpaired) electrons. The third-order valence-corrected chi connectivity index (χ3v) is 8.07. The minimum atomic E-state index is -0.0953. The third kappa shape index (κ3) is 3.55. The molecule has 1 nitrogen and oxygen atoms in total. The summed E-state index contributed by atoms with van der Waals surface area (Å²) in [6, 6.07) is 48.1. The maximum absolute atomic E-state index is 3.74. The number of anilines is 2. The van der Waals surface area contributed by atoms with Gasteiger partial charge in [-0.3, -0.25) is 0 Å². The molecule has 0 saturated carbocycles. The first kappa shape index (κ1) is 22.6. The fraction of sp³-hybridized carbons (Fsp3) is 0.0811. The molecular formula is C37H29N. The summed E-state index contributed by atoms with van der Waals surface area (Å²) in [6.45, 7) is 4.71. The molecule has 0 bridgehead atoms. The molecule has 182 valence electrons. The second-order valence-corrected chi connectivity index (χ2v) is 10.7. The monoisotopic (exact) mass is 487 g/mol. The zero-order valence-electron chi connectivity index (χ0n) is 21.7. The van der Waals surface area contributed by atoms with E-state index < -0.39 is 0 Å². The van der Waals surface area contributed by atoms with E-state index in [-0.39, 0.29) is 5.41 Å². The predicted molar refractivity (Wildman–Crippen MR) is 162 cm³/mol. The lowest BCUT2D eigenvalue weighted by Gasteiger charge is -2.22. The van der Waals surface area contributed by atoms with E-state index in [2.05, 4.69) is 153 Å². The van der Waals surface area contributed by atoms with E-state index >= 15 is 0 Å². The van der Waals surface area contributed by atoms with Gasteiger partial charge in [0.25, 0.3) is 0 Å². The van der Waals surface area contributed by atoms with Crippen LogP contribution in [-0.2, 0) is 5.41 Å². The largest absolute Gasteiger partial charge is 0.355 e. The van der Waals surface area contributed by atoms with Gasteiger partial charge in [0, 0.05) is 22.4 Å². The zero-order valence-corrected chi connectivity index (χ0v) is 21.7. The molecule has 6 aromatic rings. The topological polar surface area (TPSA) is 12.0 Å². The van der Waals surface area contributed by atoms with Crippen molar-refractivity contribution >= 4 is 22.1 Å². The first-order valence-electron chi connectivity index (χ1n) is 13.3. The highest BCUT2D eigenvalue weighted by molar-refractivity contribution is 6.03. The van der Waals surface area contributed by atoms with E-state index in [0.717, 1.165) is 11.4 Å². The fourth-order valence-corrected chi connectivity index (χ4v) is 6.17. The summed E-state index contributed by atoms with van der Waals surface area (Å²) in [7, 11) is 0. The van der Waals surface area contributed by atoms with Crippen molar-refractivity contribution in [1.29, 1.82) is 0 Å². The Kier molecular flexibility index (Phi) is 5.19. The van der Waals surface area contributed by atoms with Gasteiger partial charge in [0.05, 0.1) is 0 Å². The standard InChI is InChI=1S/C37H29N/c1-37(2)33-20-11-19-31(30-18-10-15-25-14-6-7-16-28(25)30)36(33)32-23-22-27(24-34(32)37)38-35-21-9-8-17-29(35)26-12-4-3-5-13-26/h3-24,38H,1-2H3. The van der Waals surface area contributed by atoms with Crippen molar-refractivity contribution in [3.05, 3.63) is 145 Å². The van der Waals surface area contributed by atoms with Crippen LogP contribution in [0.15, 0.2) is 133 Å². The Morgan fingerprint density at radius 2 is 1.18 bits per heavy atom. The summed E-state index contributed by atoms with van der Waals surface area (Å²) in [5, 5.41) is 6.31. The van der Waals surface area contributed by atoms with Crippen molar-refractivity contribution in [3.8, 4) is 33.4 Å². The second kappa shape index (κ2) is 8.75. The highest BCUT2D eigenvalue weighted by Gasteiger charge is 2.37. The first-order valence-corrected chi connectivity index (χ1v) is 13.3. The van der Waals surface area contributed by atoms with E-state index in [1.807, 2.05) is 0 Å². The van der Waals surface area contributed by atoms with Crippen molar-refractivity contribution < 1.29 is 0 Å². The molecule has 0 atom stereocenters. The summed E-state index contributed by atoms with van der Waals surface area (Å²) in [4.78, 5) is 0. The maximum atomic E-state index is 3.74. The van der Waals surface area contributed by atoms with E-state index in [9.17, 15) is 0 Å². The highest BCUT2D eigenvalue weighted by atomic mass is 14.9. The third-order valence-electron chi connectivity index (χ3n) is 8.07. The van der Waals surface area contributed by atoms with Crippen LogP contribution in [-0.4, -0.2) is 0 Å². The van der Waals surface area contributed by atoms with Crippen LogP contribution in [0.3, 0.4) is 0 Å². The summed E-state index contributed by atoms with van der Waals surface area (Å²) in [5.41, 5.74) is 12.6. The molecule has 0 fully saturated rings. The molecule has 0 aliphatic heterocycles. The van der Waals surface area contributed by atoms with Gasteiger partial charge in [-0.05, 0) is 67.9 Å². The maximum Gasteiger partial charge on any atom is 0.0463 e. The van der Waals surface area contributed by atoms with Crippen LogP contribution in [0.1, 0.15) is 25.0 Å². The number of hydrogen-bond donors (Lipinski definition) is 1. The number of para-hydroxylation sites is 1. The van der Waals surface area contributed by atoms with Gasteiger partial charge in [0.2, 0.25) is 0 Å². The quantitative estimate of drug-likeness (QED) is 0.261. The van der Waals surface area contributed by atoms with Crippen LogP contribution in [0.5, 0.6) is 0 Å². The van der Waals surface area contributed by atoms with Crippen LogP contribution in [0.2, 0.25) is 0 Å². The van der Waals surface area contributed by atoms with Crippen molar-refractivity contribution in [2.45, 2.75) is 19.3 Å². The molecule has 7 rings (SSSR count). The van der Waals surface area contributed by atoms with Crippen molar-refractivity contribution in [2.24, 2.45) is 0 Å². The molecule has 0 heterocycles. The van der Waals surface area contributed by atoms with Gasteiger partial charge in [0.15, 0.2) is 0 Å². The summed E-state index contributed by atoms with van der Waals surface area (Å²) in [6.07, 6.45) is 0. The van der Waals surface area contributed by atoms with Gasteiger partial charge in [-0.1, -0.05) is 129 Å². The lowest BCUT2D eigenvalue weighted by molar-refractivity contribution is 0.661. The van der Waals surface area contributed by atoms with Gasteiger partial charge in [-0.25, -0.2) is 0 Å². The van der Waals surface area contributed by atoms with Crippen molar-refractivity contribution in [2.75, 3.05) is 5.32 Å². The number of nitrogens with one attached hydrogen (secondary N) is 1. The summed E-state index contributed by atoms with van der Waals surface area (Å²) in [5.74, 6) is 0. The van der Waals surface area contributed by atoms with Gasteiger partial charge in [-0.15, -0.1) is 0 Å². The fourth-order valence-electron chi connectivity index (χ4n) is 6.17. The minimum Gasteiger partial charge on any atom is -0.355 e. The number of hydrogen-bond acceptors (Lipinski definition) is 1. The second-order valence-electron chi connectivity index (χ2n) is 10.7. The molecule has 38 heavy (non-hydrogen) atoms.